The zero-order valence-corrected chi connectivity index (χ0v) is 21.8. The minimum atomic E-state index is -0.942. The van der Waals surface area contributed by atoms with Crippen LogP contribution in [0.5, 0.6) is 0 Å². The Labute approximate surface area is 220 Å². The van der Waals surface area contributed by atoms with Gasteiger partial charge in [0.05, 0.1) is 11.1 Å². The summed E-state index contributed by atoms with van der Waals surface area (Å²) in [5.74, 6) is -1.01. The third kappa shape index (κ3) is 5.13. The van der Waals surface area contributed by atoms with E-state index in [1.165, 1.54) is 4.88 Å². The molecule has 37 heavy (non-hydrogen) atoms. The molecule has 0 aliphatic heterocycles. The number of rotatable bonds is 7. The summed E-state index contributed by atoms with van der Waals surface area (Å²) in [6.45, 7) is 4.52. The van der Waals surface area contributed by atoms with Crippen molar-refractivity contribution in [2.75, 3.05) is 0 Å². The molecule has 2 heterocycles. The van der Waals surface area contributed by atoms with Crippen molar-refractivity contribution in [2.45, 2.75) is 46.1 Å². The van der Waals surface area contributed by atoms with Gasteiger partial charge in [0, 0.05) is 40.3 Å². The van der Waals surface area contributed by atoms with Gasteiger partial charge in [-0.2, -0.15) is 0 Å². The number of thiophene rings is 1. The fourth-order valence-electron chi connectivity index (χ4n) is 4.94. The number of nitrogens with one attached hydrogen (secondary N) is 1. The fraction of sp³-hybridized carbons (Fsp3) is 0.233. The molecule has 0 bridgehead atoms. The second kappa shape index (κ2) is 10.6. The standard InChI is InChI=1S/C30H29N3O3S/c1-19-16-23(20(2)33(19)24-14-12-22(13-15-24)30(35)36)18-32-29-27(25-10-6-7-11-26(25)37-29)28(34)31-17-21-8-4-3-5-9-21/h3-5,8-9,12-16,18H,6-7,10-11,17H2,1-2H3,(H,31,34)(H,35,36). The van der Waals surface area contributed by atoms with Crippen LogP contribution in [0, 0.1) is 13.8 Å². The van der Waals surface area contributed by atoms with Gasteiger partial charge in [-0.15, -0.1) is 11.3 Å². The Kier molecular flexibility index (Phi) is 7.06. The Morgan fingerprint density at radius 1 is 1.05 bits per heavy atom. The first kappa shape index (κ1) is 24.7. The predicted octanol–water partition coefficient (Wildman–Crippen LogP) is 6.41. The molecule has 0 spiro atoms. The first-order valence-corrected chi connectivity index (χ1v) is 13.3. The fourth-order valence-corrected chi connectivity index (χ4v) is 6.17. The summed E-state index contributed by atoms with van der Waals surface area (Å²) in [7, 11) is 0. The zero-order valence-electron chi connectivity index (χ0n) is 21.0. The zero-order chi connectivity index (χ0) is 25.9. The molecule has 7 heteroatoms. The smallest absolute Gasteiger partial charge is 0.335 e. The van der Waals surface area contributed by atoms with Crippen molar-refractivity contribution < 1.29 is 14.7 Å². The molecule has 2 aromatic carbocycles. The van der Waals surface area contributed by atoms with Gasteiger partial charge in [0.25, 0.3) is 5.91 Å². The highest BCUT2D eigenvalue weighted by molar-refractivity contribution is 7.16. The molecule has 5 rings (SSSR count). The molecular formula is C30H29N3O3S. The van der Waals surface area contributed by atoms with Gasteiger partial charge in [0.1, 0.15) is 5.00 Å². The molecule has 1 aliphatic carbocycles. The molecular weight excluding hydrogens is 482 g/mol. The van der Waals surface area contributed by atoms with Crippen molar-refractivity contribution in [3.05, 3.63) is 105 Å². The van der Waals surface area contributed by atoms with Gasteiger partial charge in [-0.05, 0) is 81.0 Å². The van der Waals surface area contributed by atoms with E-state index in [0.717, 1.165) is 64.4 Å². The first-order chi connectivity index (χ1) is 17.9. The van der Waals surface area contributed by atoms with Gasteiger partial charge in [-0.25, -0.2) is 9.79 Å². The summed E-state index contributed by atoms with van der Waals surface area (Å²) in [5, 5.41) is 13.1. The van der Waals surface area contributed by atoms with E-state index < -0.39 is 5.97 Å². The largest absolute Gasteiger partial charge is 0.478 e. The summed E-state index contributed by atoms with van der Waals surface area (Å²) in [6, 6.07) is 18.8. The second-order valence-corrected chi connectivity index (χ2v) is 10.4. The summed E-state index contributed by atoms with van der Waals surface area (Å²) in [5.41, 5.74) is 7.06. The van der Waals surface area contributed by atoms with Crippen molar-refractivity contribution in [1.29, 1.82) is 0 Å². The highest BCUT2D eigenvalue weighted by atomic mass is 32.1. The van der Waals surface area contributed by atoms with Crippen LogP contribution in [0.25, 0.3) is 5.69 Å². The van der Waals surface area contributed by atoms with E-state index in [4.69, 9.17) is 4.99 Å². The Hall–Kier alpha value is -3.97. The van der Waals surface area contributed by atoms with Gasteiger partial charge in [-0.1, -0.05) is 30.3 Å². The average molecular weight is 512 g/mol. The molecule has 188 valence electrons. The lowest BCUT2D eigenvalue weighted by atomic mass is 9.95. The number of carbonyl (C=O) groups is 2. The van der Waals surface area contributed by atoms with E-state index in [9.17, 15) is 14.7 Å². The van der Waals surface area contributed by atoms with Gasteiger partial charge in [-0.3, -0.25) is 4.79 Å². The van der Waals surface area contributed by atoms with Crippen LogP contribution < -0.4 is 5.32 Å². The summed E-state index contributed by atoms with van der Waals surface area (Å²) in [6.07, 6.45) is 5.98. The molecule has 0 saturated carbocycles. The summed E-state index contributed by atoms with van der Waals surface area (Å²) >= 11 is 1.63. The lowest BCUT2D eigenvalue weighted by Gasteiger charge is -2.12. The number of fused-ring (bicyclic) bond motifs is 1. The highest BCUT2D eigenvalue weighted by Gasteiger charge is 2.25. The van der Waals surface area contributed by atoms with E-state index in [1.54, 1.807) is 23.5 Å². The first-order valence-electron chi connectivity index (χ1n) is 12.5. The van der Waals surface area contributed by atoms with Crippen molar-refractivity contribution in [2.24, 2.45) is 4.99 Å². The number of benzene rings is 2. The van der Waals surface area contributed by atoms with Crippen LogP contribution in [0.3, 0.4) is 0 Å². The van der Waals surface area contributed by atoms with Gasteiger partial charge < -0.3 is 15.0 Å². The Morgan fingerprint density at radius 3 is 2.51 bits per heavy atom. The van der Waals surface area contributed by atoms with Crippen LogP contribution in [-0.2, 0) is 19.4 Å². The lowest BCUT2D eigenvalue weighted by Crippen LogP contribution is -2.24. The number of aliphatic imine (C=N–C) groups is 1. The maximum Gasteiger partial charge on any atom is 0.335 e. The summed E-state index contributed by atoms with van der Waals surface area (Å²) < 4.78 is 2.08. The lowest BCUT2D eigenvalue weighted by molar-refractivity contribution is 0.0696. The van der Waals surface area contributed by atoms with Crippen LogP contribution in [0.1, 0.15) is 66.5 Å². The number of carboxylic acid groups (broad SMARTS) is 1. The number of aromatic carboxylic acids is 1. The predicted molar refractivity (Wildman–Crippen MR) is 148 cm³/mol. The number of hydrogen-bond acceptors (Lipinski definition) is 4. The molecule has 0 fully saturated rings. The van der Waals surface area contributed by atoms with E-state index in [1.807, 2.05) is 62.5 Å². The Morgan fingerprint density at radius 2 is 1.78 bits per heavy atom. The van der Waals surface area contributed by atoms with Crippen LogP contribution in [0.15, 0.2) is 65.7 Å². The number of aromatic nitrogens is 1. The van der Waals surface area contributed by atoms with Crippen LogP contribution in [0.2, 0.25) is 0 Å². The van der Waals surface area contributed by atoms with Crippen molar-refractivity contribution in [3.63, 3.8) is 0 Å². The number of carbonyl (C=O) groups excluding carboxylic acids is 1. The molecule has 0 unspecified atom stereocenters. The number of aryl methyl sites for hydroxylation is 2. The average Bonchev–Trinajstić information content (AvgIpc) is 3.42. The maximum atomic E-state index is 13.3. The molecule has 0 atom stereocenters. The molecule has 6 nitrogen and oxygen atoms in total. The van der Waals surface area contributed by atoms with E-state index in [2.05, 4.69) is 16.0 Å². The SMILES string of the molecule is Cc1cc(C=Nc2sc3c(c2C(=O)NCc2ccccc2)CCCC3)c(C)n1-c1ccc(C(=O)O)cc1. The van der Waals surface area contributed by atoms with Crippen molar-refractivity contribution in [1.82, 2.24) is 9.88 Å². The molecule has 1 amide bonds. The number of nitrogens with zero attached hydrogens (tertiary/aromatic N) is 2. The quantitative estimate of drug-likeness (QED) is 0.281. The normalized spacial score (nSPS) is 13.0. The minimum absolute atomic E-state index is 0.0700. The molecule has 4 aromatic rings. The van der Waals surface area contributed by atoms with Gasteiger partial charge in [0.15, 0.2) is 0 Å². The third-order valence-corrected chi connectivity index (χ3v) is 8.04. The van der Waals surface area contributed by atoms with Crippen molar-refractivity contribution >= 4 is 34.4 Å². The molecule has 0 radical (unpaired) electrons. The van der Waals surface area contributed by atoms with E-state index in [0.29, 0.717) is 12.1 Å². The van der Waals surface area contributed by atoms with E-state index >= 15 is 0 Å². The number of amides is 1. The van der Waals surface area contributed by atoms with Gasteiger partial charge in [0.2, 0.25) is 0 Å². The monoisotopic (exact) mass is 511 g/mol. The number of carboxylic acids is 1. The Bertz CT molecular complexity index is 1480. The molecule has 2 aromatic heterocycles. The van der Waals surface area contributed by atoms with E-state index in [-0.39, 0.29) is 11.5 Å². The minimum Gasteiger partial charge on any atom is -0.478 e. The van der Waals surface area contributed by atoms with Crippen LogP contribution in [-0.4, -0.2) is 27.8 Å². The molecule has 2 N–H and O–H groups in total. The third-order valence-electron chi connectivity index (χ3n) is 6.84. The molecule has 0 saturated heterocycles. The maximum absolute atomic E-state index is 13.3. The van der Waals surface area contributed by atoms with Gasteiger partial charge >= 0.3 is 5.97 Å². The topological polar surface area (TPSA) is 83.7 Å². The van der Waals surface area contributed by atoms with Crippen molar-refractivity contribution in [3.8, 4) is 5.69 Å². The highest BCUT2D eigenvalue weighted by Crippen LogP contribution is 2.40. The number of hydrogen-bond donors (Lipinski definition) is 2. The summed E-state index contributed by atoms with van der Waals surface area (Å²) in [4.78, 5) is 30.7. The van der Waals surface area contributed by atoms with Crippen LogP contribution in [0.4, 0.5) is 5.00 Å². The Balaban J connectivity index is 1.44. The molecule has 1 aliphatic rings. The second-order valence-electron chi connectivity index (χ2n) is 9.33. The van der Waals surface area contributed by atoms with Crippen LogP contribution >= 0.6 is 11.3 Å².